The molecule has 0 aliphatic carbocycles. The van der Waals surface area contributed by atoms with Gasteiger partial charge in [0.25, 0.3) is 0 Å². The van der Waals surface area contributed by atoms with E-state index in [1.54, 1.807) is 6.92 Å². The Morgan fingerprint density at radius 1 is 1.56 bits per heavy atom. The molecule has 1 saturated heterocycles. The Morgan fingerprint density at radius 3 is 2.94 bits per heavy atom. The molecule has 0 aromatic carbocycles. The van der Waals surface area contributed by atoms with Crippen LogP contribution in [0.25, 0.3) is 0 Å². The number of hydrogen-bond acceptors (Lipinski definition) is 5. The summed E-state index contributed by atoms with van der Waals surface area (Å²) in [6.45, 7) is 4.50. The van der Waals surface area contributed by atoms with E-state index in [1.807, 2.05) is 6.92 Å². The van der Waals surface area contributed by atoms with Gasteiger partial charge in [-0.3, -0.25) is 0 Å². The number of rotatable bonds is 4. The molecular weight excluding hydrogens is 208 g/mol. The molecule has 1 N–H and O–H groups in total. The number of nitrogens with zero attached hydrogens (tertiary/aromatic N) is 2. The quantitative estimate of drug-likeness (QED) is 0.847. The Labute approximate surface area is 94.8 Å². The number of hydrogen-bond donors (Lipinski definition) is 1. The molecule has 2 heterocycles. The molecule has 1 aliphatic heterocycles. The van der Waals surface area contributed by atoms with Crippen LogP contribution in [0.5, 0.6) is 0 Å². The third kappa shape index (κ3) is 2.25. The molecule has 0 spiro atoms. The minimum Gasteiger partial charge on any atom is -0.393 e. The van der Waals surface area contributed by atoms with Gasteiger partial charge in [-0.25, -0.2) is 0 Å². The van der Waals surface area contributed by atoms with E-state index >= 15 is 0 Å². The predicted molar refractivity (Wildman–Crippen MR) is 56.9 cm³/mol. The van der Waals surface area contributed by atoms with Gasteiger partial charge in [0.2, 0.25) is 11.7 Å². The van der Waals surface area contributed by atoms with E-state index < -0.39 is 6.10 Å². The summed E-state index contributed by atoms with van der Waals surface area (Å²) < 4.78 is 10.7. The van der Waals surface area contributed by atoms with E-state index in [-0.39, 0.29) is 12.0 Å². The molecule has 0 bridgehead atoms. The van der Waals surface area contributed by atoms with Gasteiger partial charge < -0.3 is 14.4 Å². The van der Waals surface area contributed by atoms with Gasteiger partial charge in [-0.1, -0.05) is 12.1 Å². The highest BCUT2D eigenvalue weighted by molar-refractivity contribution is 4.99. The summed E-state index contributed by atoms with van der Waals surface area (Å²) in [5.41, 5.74) is 0. The average Bonchev–Trinajstić information content (AvgIpc) is 2.86. The fourth-order valence-corrected chi connectivity index (χ4v) is 2.03. The molecule has 16 heavy (non-hydrogen) atoms. The van der Waals surface area contributed by atoms with E-state index in [0.717, 1.165) is 25.9 Å². The Bertz CT molecular complexity index is 332. The van der Waals surface area contributed by atoms with Gasteiger partial charge in [-0.15, -0.1) is 0 Å². The third-order valence-corrected chi connectivity index (χ3v) is 3.01. The molecule has 5 heteroatoms. The normalized spacial score (nSPS) is 24.6. The maximum Gasteiger partial charge on any atom is 0.232 e. The highest BCUT2D eigenvalue weighted by Crippen LogP contribution is 2.28. The lowest BCUT2D eigenvalue weighted by atomic mass is 10.0. The van der Waals surface area contributed by atoms with Crippen LogP contribution >= 0.6 is 0 Å². The molecule has 0 amide bonds. The molecule has 1 fully saturated rings. The fraction of sp³-hybridized carbons (Fsp3) is 0.818. The zero-order chi connectivity index (χ0) is 11.5. The number of ether oxygens (including phenoxy) is 1. The first kappa shape index (κ1) is 11.5. The monoisotopic (exact) mass is 226 g/mol. The Hall–Kier alpha value is -0.940. The van der Waals surface area contributed by atoms with Crippen LogP contribution in [0.4, 0.5) is 0 Å². The minimum atomic E-state index is -0.470. The predicted octanol–water partition coefficient (Wildman–Crippen LogP) is 1.80. The molecule has 90 valence electrons. The summed E-state index contributed by atoms with van der Waals surface area (Å²) in [7, 11) is 0. The van der Waals surface area contributed by atoms with Gasteiger partial charge in [0, 0.05) is 6.61 Å². The van der Waals surface area contributed by atoms with Crippen LogP contribution in [0.3, 0.4) is 0 Å². The van der Waals surface area contributed by atoms with Crippen LogP contribution in [0, 0.1) is 0 Å². The van der Waals surface area contributed by atoms with Gasteiger partial charge in [0.05, 0.1) is 12.0 Å². The summed E-state index contributed by atoms with van der Waals surface area (Å²) >= 11 is 0. The van der Waals surface area contributed by atoms with Gasteiger partial charge in [-0.2, -0.15) is 4.98 Å². The minimum absolute atomic E-state index is 0.0241. The number of aliphatic hydroxyl groups is 1. The lowest BCUT2D eigenvalue weighted by Gasteiger charge is -2.12. The van der Waals surface area contributed by atoms with Crippen molar-refractivity contribution in [2.45, 2.75) is 51.2 Å². The van der Waals surface area contributed by atoms with Crippen molar-refractivity contribution >= 4 is 0 Å². The lowest BCUT2D eigenvalue weighted by molar-refractivity contribution is 0.103. The van der Waals surface area contributed by atoms with Crippen LogP contribution in [0.1, 0.15) is 56.8 Å². The molecular formula is C11H18N2O3. The molecule has 3 atom stereocenters. The van der Waals surface area contributed by atoms with Gasteiger partial charge in [0.15, 0.2) is 0 Å². The van der Waals surface area contributed by atoms with Crippen molar-refractivity contribution in [2.75, 3.05) is 6.61 Å². The molecule has 1 aromatic heterocycles. The van der Waals surface area contributed by atoms with Crippen molar-refractivity contribution in [1.82, 2.24) is 10.1 Å². The number of aromatic nitrogens is 2. The summed E-state index contributed by atoms with van der Waals surface area (Å²) in [5, 5.41) is 13.5. The van der Waals surface area contributed by atoms with Crippen molar-refractivity contribution in [1.29, 1.82) is 0 Å². The largest absolute Gasteiger partial charge is 0.393 e. The number of aliphatic hydroxyl groups excluding tert-OH is 1. The van der Waals surface area contributed by atoms with Crippen molar-refractivity contribution < 1.29 is 14.4 Å². The molecule has 0 saturated carbocycles. The zero-order valence-corrected chi connectivity index (χ0v) is 9.72. The highest BCUT2D eigenvalue weighted by Gasteiger charge is 2.27. The second-order valence-electron chi connectivity index (χ2n) is 4.25. The van der Waals surface area contributed by atoms with Crippen LogP contribution in [-0.2, 0) is 4.74 Å². The van der Waals surface area contributed by atoms with E-state index in [0.29, 0.717) is 11.7 Å². The van der Waals surface area contributed by atoms with Crippen LogP contribution in [-0.4, -0.2) is 28.0 Å². The lowest BCUT2D eigenvalue weighted by Crippen LogP contribution is -2.14. The maximum absolute atomic E-state index is 9.58. The maximum atomic E-state index is 9.58. The summed E-state index contributed by atoms with van der Waals surface area (Å²) in [5.74, 6) is 1.05. The fourth-order valence-electron chi connectivity index (χ4n) is 2.03. The third-order valence-electron chi connectivity index (χ3n) is 3.01. The topological polar surface area (TPSA) is 68.4 Å². The molecule has 1 aliphatic rings. The van der Waals surface area contributed by atoms with Gasteiger partial charge in [0.1, 0.15) is 6.10 Å². The van der Waals surface area contributed by atoms with Crippen molar-refractivity contribution in [3.8, 4) is 0 Å². The van der Waals surface area contributed by atoms with Crippen molar-refractivity contribution in [3.63, 3.8) is 0 Å². The van der Waals surface area contributed by atoms with Crippen LogP contribution in [0.15, 0.2) is 4.52 Å². The molecule has 5 nitrogen and oxygen atoms in total. The molecule has 1 aromatic rings. The Balaban J connectivity index is 2.11. The van der Waals surface area contributed by atoms with E-state index in [9.17, 15) is 5.11 Å². The van der Waals surface area contributed by atoms with Crippen LogP contribution in [0.2, 0.25) is 0 Å². The first-order valence-corrected chi connectivity index (χ1v) is 5.85. The summed E-state index contributed by atoms with van der Waals surface area (Å²) in [4.78, 5) is 4.32. The molecule has 2 rings (SSSR count). The Kier molecular flexibility index (Phi) is 3.56. The van der Waals surface area contributed by atoms with E-state index in [4.69, 9.17) is 9.26 Å². The smallest absolute Gasteiger partial charge is 0.232 e. The zero-order valence-electron chi connectivity index (χ0n) is 9.72. The van der Waals surface area contributed by atoms with E-state index in [1.165, 1.54) is 0 Å². The molecule has 3 unspecified atom stereocenters. The first-order chi connectivity index (χ1) is 7.72. The van der Waals surface area contributed by atoms with Crippen molar-refractivity contribution in [2.24, 2.45) is 0 Å². The Morgan fingerprint density at radius 2 is 2.38 bits per heavy atom. The van der Waals surface area contributed by atoms with Crippen molar-refractivity contribution in [3.05, 3.63) is 11.7 Å². The van der Waals surface area contributed by atoms with Crippen LogP contribution < -0.4 is 0 Å². The summed E-state index contributed by atoms with van der Waals surface area (Å²) in [6, 6.07) is 0. The molecule has 0 radical (unpaired) electrons. The average molecular weight is 226 g/mol. The van der Waals surface area contributed by atoms with Gasteiger partial charge in [-0.05, 0) is 26.2 Å². The second kappa shape index (κ2) is 4.93. The highest BCUT2D eigenvalue weighted by atomic mass is 16.5. The second-order valence-corrected chi connectivity index (χ2v) is 4.25. The first-order valence-electron chi connectivity index (χ1n) is 5.85. The van der Waals surface area contributed by atoms with Gasteiger partial charge >= 0.3 is 0 Å². The standard InChI is InChI=1S/C11H18N2O3/c1-3-8(7(2)14)11-12-10(13-16-11)9-5-4-6-15-9/h7-9,14H,3-6H2,1-2H3. The SMILES string of the molecule is CCC(c1nc(C2CCCO2)no1)C(C)O. The van der Waals surface area contributed by atoms with E-state index in [2.05, 4.69) is 10.1 Å². The summed E-state index contributed by atoms with van der Waals surface area (Å²) in [6.07, 6.45) is 2.28.